The van der Waals surface area contributed by atoms with E-state index < -0.39 is 0 Å². The molecule has 0 aliphatic carbocycles. The molecule has 4 aromatic rings. The van der Waals surface area contributed by atoms with Crippen molar-refractivity contribution in [1.82, 2.24) is 0 Å². The average Bonchev–Trinajstić information content (AvgIpc) is 3.06. The number of benzene rings is 4. The molecule has 0 aromatic heterocycles. The lowest BCUT2D eigenvalue weighted by Crippen LogP contribution is -2.32. The Balaban J connectivity index is 1.23. The minimum Gasteiger partial charge on any atom is -0.473 e. The summed E-state index contributed by atoms with van der Waals surface area (Å²) in [6.45, 7) is 1.48. The van der Waals surface area contributed by atoms with Gasteiger partial charge in [-0.3, -0.25) is 4.79 Å². The molecule has 0 spiro atoms. The first-order valence-electron chi connectivity index (χ1n) is 13.0. The highest BCUT2D eigenvalue weighted by Gasteiger charge is 2.23. The molecule has 0 amide bonds. The summed E-state index contributed by atoms with van der Waals surface area (Å²) < 4.78 is 11.9. The zero-order valence-corrected chi connectivity index (χ0v) is 22.2. The number of nitriles is 4. The number of carbonyl (C=O) groups excluding carboxylic acids is 1. The fourth-order valence-corrected chi connectivity index (χ4v) is 5.10. The van der Waals surface area contributed by atoms with E-state index in [9.17, 15) is 25.8 Å². The highest BCUT2D eigenvalue weighted by Crippen LogP contribution is 2.33. The molecule has 0 fully saturated rings. The Morgan fingerprint density at radius 2 is 1.00 bits per heavy atom. The minimum absolute atomic E-state index is 0.148. The molecule has 0 unspecified atom stereocenters. The van der Waals surface area contributed by atoms with Crippen LogP contribution in [0.1, 0.15) is 49.3 Å². The summed E-state index contributed by atoms with van der Waals surface area (Å²) in [5.74, 6) is 1.22. The summed E-state index contributed by atoms with van der Waals surface area (Å²) in [5.41, 5.74) is 5.39. The van der Waals surface area contributed by atoms with Gasteiger partial charge in [0.15, 0.2) is 19.2 Å². The van der Waals surface area contributed by atoms with Gasteiger partial charge in [-0.1, -0.05) is 0 Å². The van der Waals surface area contributed by atoms with Crippen molar-refractivity contribution in [2.75, 3.05) is 23.3 Å². The van der Waals surface area contributed by atoms with Crippen molar-refractivity contribution in [2.24, 2.45) is 0 Å². The Hall–Kier alpha value is -6.29. The standard InChI is InChI=1S/C33H20N6O3/c34-13-23-1-5-29(11-25(23)15-36)38-17-27-9-21(3-7-31(27)41-19-38)33(40)22-4-8-32-28(10-22)18-39(20-42-32)30-6-2-24(14-35)26(12-30)16-37/h1-12H,17-20H2. The monoisotopic (exact) mass is 548 g/mol. The van der Waals surface area contributed by atoms with Crippen molar-refractivity contribution in [3.63, 3.8) is 0 Å². The molecule has 42 heavy (non-hydrogen) atoms. The summed E-state index contributed by atoms with van der Waals surface area (Å²) in [5, 5.41) is 37.3. The van der Waals surface area contributed by atoms with Crippen molar-refractivity contribution in [3.05, 3.63) is 117 Å². The van der Waals surface area contributed by atoms with Crippen LogP contribution in [0.5, 0.6) is 11.5 Å². The molecule has 0 saturated heterocycles. The maximum absolute atomic E-state index is 13.6. The van der Waals surface area contributed by atoms with Gasteiger partial charge < -0.3 is 19.3 Å². The average molecular weight is 549 g/mol. The van der Waals surface area contributed by atoms with Gasteiger partial charge in [-0.05, 0) is 72.8 Å². The lowest BCUT2D eigenvalue weighted by atomic mass is 9.97. The van der Waals surface area contributed by atoms with Gasteiger partial charge in [-0.15, -0.1) is 0 Å². The zero-order valence-electron chi connectivity index (χ0n) is 22.2. The highest BCUT2D eigenvalue weighted by atomic mass is 16.5. The fourth-order valence-electron chi connectivity index (χ4n) is 5.10. The molecule has 6 rings (SSSR count). The molecule has 0 atom stereocenters. The molecule has 2 heterocycles. The Morgan fingerprint density at radius 3 is 1.40 bits per heavy atom. The van der Waals surface area contributed by atoms with Gasteiger partial charge in [0.2, 0.25) is 0 Å². The summed E-state index contributed by atoms with van der Waals surface area (Å²) >= 11 is 0. The molecule has 2 aliphatic heterocycles. The Bertz CT molecular complexity index is 1800. The minimum atomic E-state index is -0.148. The van der Waals surface area contributed by atoms with Crippen molar-refractivity contribution in [3.8, 4) is 35.8 Å². The van der Waals surface area contributed by atoms with Gasteiger partial charge >= 0.3 is 0 Å². The number of hydrogen-bond donors (Lipinski definition) is 0. The van der Waals surface area contributed by atoms with Crippen LogP contribution in [0.25, 0.3) is 0 Å². The van der Waals surface area contributed by atoms with Crippen LogP contribution in [-0.2, 0) is 13.1 Å². The molecule has 200 valence electrons. The van der Waals surface area contributed by atoms with Gasteiger partial charge in [0, 0.05) is 46.7 Å². The fraction of sp³-hybridized carbons (Fsp3) is 0.121. The first-order valence-corrected chi connectivity index (χ1v) is 13.0. The molecule has 0 bridgehead atoms. The number of ether oxygens (including phenoxy) is 2. The van der Waals surface area contributed by atoms with Gasteiger partial charge in [-0.2, -0.15) is 21.0 Å². The van der Waals surface area contributed by atoms with Gasteiger partial charge in [0.05, 0.1) is 22.3 Å². The summed E-state index contributed by atoms with van der Waals surface area (Å²) in [7, 11) is 0. The van der Waals surface area contributed by atoms with Gasteiger partial charge in [0.25, 0.3) is 0 Å². The SMILES string of the molecule is N#Cc1ccc(N2COc3ccc(C(=O)c4ccc5c(c4)CN(c4ccc(C#N)c(C#N)c4)CO5)cc3C2)cc1C#N. The van der Waals surface area contributed by atoms with Crippen LogP contribution in [0.4, 0.5) is 11.4 Å². The molecule has 9 heteroatoms. The predicted molar refractivity (Wildman–Crippen MR) is 151 cm³/mol. The number of nitrogens with zero attached hydrogens (tertiary/aromatic N) is 6. The first-order chi connectivity index (χ1) is 20.5. The third kappa shape index (κ3) is 4.69. The normalized spacial score (nSPS) is 13.1. The quantitative estimate of drug-likeness (QED) is 0.318. The number of rotatable bonds is 4. The topological polar surface area (TPSA) is 137 Å². The third-order valence-electron chi connectivity index (χ3n) is 7.34. The molecular weight excluding hydrogens is 528 g/mol. The van der Waals surface area contributed by atoms with Gasteiger partial charge in [0.1, 0.15) is 35.8 Å². The van der Waals surface area contributed by atoms with E-state index in [1.807, 2.05) is 34.1 Å². The van der Waals surface area contributed by atoms with E-state index in [1.54, 1.807) is 60.7 Å². The van der Waals surface area contributed by atoms with Crippen LogP contribution in [-0.4, -0.2) is 19.2 Å². The Labute approximate surface area is 241 Å². The molecular formula is C33H20N6O3. The van der Waals surface area contributed by atoms with Crippen LogP contribution in [0.3, 0.4) is 0 Å². The van der Waals surface area contributed by atoms with Crippen molar-refractivity contribution >= 4 is 17.2 Å². The number of anilines is 2. The number of fused-ring (bicyclic) bond motifs is 2. The zero-order chi connectivity index (χ0) is 29.2. The van der Waals surface area contributed by atoms with E-state index in [0.717, 1.165) is 22.5 Å². The first kappa shape index (κ1) is 26.0. The van der Waals surface area contributed by atoms with E-state index in [1.165, 1.54) is 0 Å². The molecule has 4 aromatic carbocycles. The lowest BCUT2D eigenvalue weighted by Gasteiger charge is -2.31. The maximum atomic E-state index is 13.6. The molecule has 0 radical (unpaired) electrons. The van der Waals surface area contributed by atoms with Crippen molar-refractivity contribution < 1.29 is 14.3 Å². The van der Waals surface area contributed by atoms with Crippen LogP contribution in [0, 0.1) is 45.3 Å². The van der Waals surface area contributed by atoms with E-state index in [-0.39, 0.29) is 19.2 Å². The van der Waals surface area contributed by atoms with E-state index >= 15 is 0 Å². The van der Waals surface area contributed by atoms with E-state index in [2.05, 4.69) is 12.1 Å². The largest absolute Gasteiger partial charge is 0.473 e. The van der Waals surface area contributed by atoms with Crippen LogP contribution >= 0.6 is 0 Å². The van der Waals surface area contributed by atoms with E-state index in [4.69, 9.17) is 9.47 Å². The molecule has 0 N–H and O–H groups in total. The smallest absolute Gasteiger partial charge is 0.193 e. The maximum Gasteiger partial charge on any atom is 0.193 e. The second-order valence-corrected chi connectivity index (χ2v) is 9.82. The van der Waals surface area contributed by atoms with Crippen molar-refractivity contribution in [1.29, 1.82) is 21.0 Å². The number of ketones is 1. The molecule has 0 saturated carbocycles. The molecule has 9 nitrogen and oxygen atoms in total. The van der Waals surface area contributed by atoms with Crippen LogP contribution < -0.4 is 19.3 Å². The Morgan fingerprint density at radius 1 is 0.571 bits per heavy atom. The summed E-state index contributed by atoms with van der Waals surface area (Å²) in [4.78, 5) is 17.5. The van der Waals surface area contributed by atoms with Crippen LogP contribution in [0.2, 0.25) is 0 Å². The van der Waals surface area contributed by atoms with Crippen molar-refractivity contribution in [2.45, 2.75) is 13.1 Å². The second kappa shape index (κ2) is 10.7. The third-order valence-corrected chi connectivity index (χ3v) is 7.34. The van der Waals surface area contributed by atoms with Crippen LogP contribution in [0.15, 0.2) is 72.8 Å². The van der Waals surface area contributed by atoms with E-state index in [0.29, 0.717) is 58.0 Å². The molecule has 2 aliphatic rings. The summed E-state index contributed by atoms with van der Waals surface area (Å²) in [6.07, 6.45) is 0. The predicted octanol–water partition coefficient (Wildman–Crippen LogP) is 5.12. The summed E-state index contributed by atoms with van der Waals surface area (Å²) in [6, 6.07) is 29.0. The highest BCUT2D eigenvalue weighted by molar-refractivity contribution is 6.09. The lowest BCUT2D eigenvalue weighted by molar-refractivity contribution is 0.103. The van der Waals surface area contributed by atoms with Gasteiger partial charge in [-0.25, -0.2) is 0 Å². The Kier molecular flexibility index (Phi) is 6.61. The second-order valence-electron chi connectivity index (χ2n) is 9.82. The number of hydrogen-bond acceptors (Lipinski definition) is 9. The number of carbonyl (C=O) groups is 1.